The number of halogens is 1. The molecule has 2 fully saturated rings. The standard InChI is InChI=1S/C17H24N6O.ClH/c18-14-17(4-2-1-3-5-17)21-16(24)13-22-8-10-23(11-9-22)15-12-19-6-7-20-15;/h6-7,12H,1-5,8-11,13H2,(H,21,24);1H. The van der Waals surface area contributed by atoms with Crippen molar-refractivity contribution in [1.29, 1.82) is 5.26 Å². The molecule has 0 unspecified atom stereocenters. The highest BCUT2D eigenvalue weighted by atomic mass is 35.5. The normalized spacial score (nSPS) is 20.2. The number of hydrogen-bond acceptors (Lipinski definition) is 6. The molecule has 7 nitrogen and oxygen atoms in total. The zero-order chi connectivity index (χ0) is 16.8. The zero-order valence-electron chi connectivity index (χ0n) is 14.4. The molecule has 0 bridgehead atoms. The van der Waals surface area contributed by atoms with E-state index >= 15 is 0 Å². The first-order valence-electron chi connectivity index (χ1n) is 8.66. The molecule has 25 heavy (non-hydrogen) atoms. The largest absolute Gasteiger partial charge is 0.353 e. The van der Waals surface area contributed by atoms with Gasteiger partial charge in [-0.2, -0.15) is 5.26 Å². The van der Waals surface area contributed by atoms with Gasteiger partial charge in [0.25, 0.3) is 0 Å². The number of hydrogen-bond donors (Lipinski definition) is 1. The van der Waals surface area contributed by atoms with Crippen molar-refractivity contribution in [3.05, 3.63) is 18.6 Å². The van der Waals surface area contributed by atoms with Gasteiger partial charge in [0.2, 0.25) is 5.91 Å². The molecule has 8 heteroatoms. The average Bonchev–Trinajstić information content (AvgIpc) is 2.64. The van der Waals surface area contributed by atoms with Crippen molar-refractivity contribution in [3.8, 4) is 6.07 Å². The van der Waals surface area contributed by atoms with Crippen LogP contribution in [-0.2, 0) is 4.79 Å². The number of carbonyl (C=O) groups excluding carboxylic acids is 1. The highest BCUT2D eigenvalue weighted by Crippen LogP contribution is 2.27. The number of anilines is 1. The van der Waals surface area contributed by atoms with Gasteiger partial charge in [-0.15, -0.1) is 12.4 Å². The van der Waals surface area contributed by atoms with Gasteiger partial charge in [0.15, 0.2) is 0 Å². The predicted molar refractivity (Wildman–Crippen MR) is 97.5 cm³/mol. The topological polar surface area (TPSA) is 85.2 Å². The van der Waals surface area contributed by atoms with Crippen molar-refractivity contribution >= 4 is 24.1 Å². The molecule has 1 saturated carbocycles. The number of rotatable bonds is 4. The molecule has 1 aromatic rings. The van der Waals surface area contributed by atoms with Gasteiger partial charge in [0.05, 0.1) is 18.8 Å². The number of piperazine rings is 1. The van der Waals surface area contributed by atoms with E-state index in [0.717, 1.165) is 64.1 Å². The van der Waals surface area contributed by atoms with Gasteiger partial charge in [-0.1, -0.05) is 19.3 Å². The van der Waals surface area contributed by atoms with Crippen LogP contribution in [-0.4, -0.2) is 59.0 Å². The van der Waals surface area contributed by atoms with Crippen LogP contribution in [0.1, 0.15) is 32.1 Å². The second kappa shape index (κ2) is 8.97. The summed E-state index contributed by atoms with van der Waals surface area (Å²) in [5.41, 5.74) is -0.642. The maximum Gasteiger partial charge on any atom is 0.235 e. The Morgan fingerprint density at radius 3 is 2.52 bits per heavy atom. The van der Waals surface area contributed by atoms with Crippen LogP contribution in [0, 0.1) is 11.3 Å². The third kappa shape index (κ3) is 5.03. The second-order valence-electron chi connectivity index (χ2n) is 6.63. The van der Waals surface area contributed by atoms with Gasteiger partial charge >= 0.3 is 0 Å². The van der Waals surface area contributed by atoms with E-state index < -0.39 is 5.54 Å². The SMILES string of the molecule is Cl.N#CC1(NC(=O)CN2CCN(c3cnccn3)CC2)CCCCC1. The van der Waals surface area contributed by atoms with Crippen LogP contribution < -0.4 is 10.2 Å². The van der Waals surface area contributed by atoms with Crippen molar-refractivity contribution < 1.29 is 4.79 Å². The smallest absolute Gasteiger partial charge is 0.235 e. The third-order valence-electron chi connectivity index (χ3n) is 4.91. The summed E-state index contributed by atoms with van der Waals surface area (Å²) in [5, 5.41) is 12.5. The fourth-order valence-corrected chi connectivity index (χ4v) is 3.52. The molecule has 0 radical (unpaired) electrons. The van der Waals surface area contributed by atoms with Gasteiger partial charge in [0, 0.05) is 38.6 Å². The van der Waals surface area contributed by atoms with Gasteiger partial charge in [-0.3, -0.25) is 14.7 Å². The first kappa shape index (κ1) is 19.4. The maximum absolute atomic E-state index is 12.4. The lowest BCUT2D eigenvalue weighted by Crippen LogP contribution is -2.54. The van der Waals surface area contributed by atoms with Crippen molar-refractivity contribution in [2.75, 3.05) is 37.6 Å². The van der Waals surface area contributed by atoms with E-state index in [4.69, 9.17) is 0 Å². The summed E-state index contributed by atoms with van der Waals surface area (Å²) in [5.74, 6) is 0.846. The molecule has 1 aliphatic carbocycles. The van der Waals surface area contributed by atoms with Gasteiger partial charge in [-0.25, -0.2) is 4.98 Å². The molecule has 2 heterocycles. The van der Waals surface area contributed by atoms with E-state index in [9.17, 15) is 10.1 Å². The molecule has 0 spiro atoms. The van der Waals surface area contributed by atoms with Crippen LogP contribution in [0.25, 0.3) is 0 Å². The summed E-state index contributed by atoms with van der Waals surface area (Å²) >= 11 is 0. The molecule has 1 N–H and O–H groups in total. The maximum atomic E-state index is 12.4. The molecule has 1 aliphatic heterocycles. The Labute approximate surface area is 154 Å². The Morgan fingerprint density at radius 1 is 1.20 bits per heavy atom. The zero-order valence-corrected chi connectivity index (χ0v) is 15.2. The summed E-state index contributed by atoms with van der Waals surface area (Å²) in [6.07, 6.45) is 9.87. The van der Waals surface area contributed by atoms with Crippen LogP contribution in [0.3, 0.4) is 0 Å². The van der Waals surface area contributed by atoms with Gasteiger partial charge < -0.3 is 10.2 Å². The fourth-order valence-electron chi connectivity index (χ4n) is 3.52. The van der Waals surface area contributed by atoms with E-state index in [2.05, 4.69) is 31.2 Å². The number of nitriles is 1. The number of nitrogens with one attached hydrogen (secondary N) is 1. The third-order valence-corrected chi connectivity index (χ3v) is 4.91. The van der Waals surface area contributed by atoms with Crippen LogP contribution in [0.2, 0.25) is 0 Å². The lowest BCUT2D eigenvalue weighted by molar-refractivity contribution is -0.124. The molecule has 0 aromatic carbocycles. The van der Waals surface area contributed by atoms with Gasteiger partial charge in [-0.05, 0) is 12.8 Å². The summed E-state index contributed by atoms with van der Waals surface area (Å²) in [6.45, 7) is 3.63. The van der Waals surface area contributed by atoms with Crippen molar-refractivity contribution in [2.45, 2.75) is 37.6 Å². The highest BCUT2D eigenvalue weighted by Gasteiger charge is 2.34. The molecular formula is C17H25ClN6O. The summed E-state index contributed by atoms with van der Waals surface area (Å²) in [7, 11) is 0. The molecule has 1 saturated heterocycles. The highest BCUT2D eigenvalue weighted by molar-refractivity contribution is 5.85. The van der Waals surface area contributed by atoms with E-state index in [1.54, 1.807) is 18.6 Å². The first-order chi connectivity index (χ1) is 11.7. The molecular weight excluding hydrogens is 340 g/mol. The van der Waals surface area contributed by atoms with E-state index in [1.807, 2.05) is 0 Å². The molecule has 3 rings (SSSR count). The Kier molecular flexibility index (Phi) is 6.97. The summed E-state index contributed by atoms with van der Waals surface area (Å²) in [4.78, 5) is 25.1. The van der Waals surface area contributed by atoms with Crippen molar-refractivity contribution in [2.24, 2.45) is 0 Å². The number of amides is 1. The quantitative estimate of drug-likeness (QED) is 0.868. The minimum absolute atomic E-state index is 0. The minimum atomic E-state index is -0.642. The van der Waals surface area contributed by atoms with Crippen LogP contribution in [0.5, 0.6) is 0 Å². The number of aromatic nitrogens is 2. The number of carbonyl (C=O) groups is 1. The Morgan fingerprint density at radius 2 is 1.92 bits per heavy atom. The Hall–Kier alpha value is -1.91. The molecule has 136 valence electrons. The van der Waals surface area contributed by atoms with Crippen LogP contribution in [0.4, 0.5) is 5.82 Å². The number of nitrogens with zero attached hydrogens (tertiary/aromatic N) is 5. The second-order valence-corrected chi connectivity index (χ2v) is 6.63. The molecule has 2 aliphatic rings. The lowest BCUT2D eigenvalue weighted by Gasteiger charge is -2.36. The monoisotopic (exact) mass is 364 g/mol. The molecule has 1 amide bonds. The minimum Gasteiger partial charge on any atom is -0.353 e. The van der Waals surface area contributed by atoms with Crippen LogP contribution >= 0.6 is 12.4 Å². The molecule has 0 atom stereocenters. The summed E-state index contributed by atoms with van der Waals surface area (Å²) < 4.78 is 0. The lowest BCUT2D eigenvalue weighted by atomic mass is 9.83. The van der Waals surface area contributed by atoms with Gasteiger partial charge in [0.1, 0.15) is 11.4 Å². The first-order valence-corrected chi connectivity index (χ1v) is 8.66. The van der Waals surface area contributed by atoms with Crippen molar-refractivity contribution in [3.63, 3.8) is 0 Å². The molecule has 1 aromatic heterocycles. The fraction of sp³-hybridized carbons (Fsp3) is 0.647. The van der Waals surface area contributed by atoms with Crippen molar-refractivity contribution in [1.82, 2.24) is 20.2 Å². The van der Waals surface area contributed by atoms with E-state index in [0.29, 0.717) is 6.54 Å². The van der Waals surface area contributed by atoms with Crippen LogP contribution in [0.15, 0.2) is 18.6 Å². The van der Waals surface area contributed by atoms with E-state index in [-0.39, 0.29) is 18.3 Å². The average molecular weight is 365 g/mol. The Bertz CT molecular complexity index is 591. The Balaban J connectivity index is 0.00000225. The van der Waals surface area contributed by atoms with E-state index in [1.165, 1.54) is 0 Å². The predicted octanol–water partition coefficient (Wildman–Crippen LogP) is 1.36. The summed E-state index contributed by atoms with van der Waals surface area (Å²) in [6, 6.07) is 2.34.